The molecule has 1 aromatic carbocycles. The highest BCUT2D eigenvalue weighted by Crippen LogP contribution is 2.19. The predicted octanol–water partition coefficient (Wildman–Crippen LogP) is 1.79. The maximum Gasteiger partial charge on any atom is 0.223 e. The van der Waals surface area contributed by atoms with Gasteiger partial charge >= 0.3 is 0 Å². The minimum absolute atomic E-state index is 0.153. The van der Waals surface area contributed by atoms with Gasteiger partial charge < -0.3 is 15.5 Å². The number of carbonyl (C=O) groups is 1. The second-order valence-electron chi connectivity index (χ2n) is 6.21. The second-order valence-corrected chi connectivity index (χ2v) is 6.21. The zero-order chi connectivity index (χ0) is 15.2. The number of amides is 1. The van der Waals surface area contributed by atoms with E-state index < -0.39 is 0 Å². The molecular weight excluding hydrogens is 262 g/mol. The molecule has 1 aliphatic rings. The maximum atomic E-state index is 12.3. The summed E-state index contributed by atoms with van der Waals surface area (Å²) >= 11 is 0. The minimum Gasteiger partial charge on any atom is -0.354 e. The summed E-state index contributed by atoms with van der Waals surface area (Å²) in [6, 6.07) is 11.0. The van der Waals surface area contributed by atoms with Gasteiger partial charge in [0.2, 0.25) is 5.91 Å². The van der Waals surface area contributed by atoms with E-state index in [2.05, 4.69) is 48.7 Å². The third-order valence-electron chi connectivity index (χ3n) is 4.27. The minimum atomic E-state index is 0.153. The van der Waals surface area contributed by atoms with Crippen molar-refractivity contribution in [1.29, 1.82) is 0 Å². The van der Waals surface area contributed by atoms with Gasteiger partial charge in [-0.3, -0.25) is 4.79 Å². The van der Waals surface area contributed by atoms with Crippen LogP contribution in [-0.4, -0.2) is 44.0 Å². The molecule has 1 unspecified atom stereocenters. The number of nitrogens with one attached hydrogen (secondary N) is 2. The molecule has 2 rings (SSSR count). The first-order valence-electron chi connectivity index (χ1n) is 7.80. The Morgan fingerprint density at radius 1 is 1.38 bits per heavy atom. The van der Waals surface area contributed by atoms with Crippen molar-refractivity contribution in [2.45, 2.75) is 31.8 Å². The third kappa shape index (κ3) is 4.55. The lowest BCUT2D eigenvalue weighted by molar-refractivity contribution is -0.126. The van der Waals surface area contributed by atoms with Crippen molar-refractivity contribution in [3.63, 3.8) is 0 Å². The molecule has 1 fully saturated rings. The lowest BCUT2D eigenvalue weighted by atomic mass is 9.92. The highest BCUT2D eigenvalue weighted by atomic mass is 16.1. The van der Waals surface area contributed by atoms with Gasteiger partial charge in [-0.1, -0.05) is 30.3 Å². The van der Waals surface area contributed by atoms with Crippen LogP contribution in [0.25, 0.3) is 0 Å². The highest BCUT2D eigenvalue weighted by molar-refractivity contribution is 5.78. The quantitative estimate of drug-likeness (QED) is 0.868. The van der Waals surface area contributed by atoms with E-state index in [1.807, 2.05) is 18.2 Å². The zero-order valence-electron chi connectivity index (χ0n) is 13.3. The first-order chi connectivity index (χ1) is 10.1. The van der Waals surface area contributed by atoms with Gasteiger partial charge in [0.25, 0.3) is 0 Å². The molecule has 116 valence electrons. The maximum absolute atomic E-state index is 12.3. The Morgan fingerprint density at radius 2 is 2.10 bits per heavy atom. The average Bonchev–Trinajstić information content (AvgIpc) is 2.48. The molecule has 1 amide bonds. The van der Waals surface area contributed by atoms with Gasteiger partial charge in [0.05, 0.1) is 6.04 Å². The summed E-state index contributed by atoms with van der Waals surface area (Å²) in [5.41, 5.74) is 1.24. The molecule has 2 N–H and O–H groups in total. The molecule has 4 nitrogen and oxygen atoms in total. The third-order valence-corrected chi connectivity index (χ3v) is 4.27. The molecule has 1 saturated heterocycles. The largest absolute Gasteiger partial charge is 0.354 e. The Labute approximate surface area is 127 Å². The van der Waals surface area contributed by atoms with E-state index in [9.17, 15) is 4.79 Å². The number of piperidine rings is 1. The van der Waals surface area contributed by atoms with Crippen LogP contribution in [0, 0.1) is 5.92 Å². The number of rotatable bonds is 5. The zero-order valence-corrected chi connectivity index (χ0v) is 13.3. The number of hydrogen-bond donors (Lipinski definition) is 2. The summed E-state index contributed by atoms with van der Waals surface area (Å²) in [4.78, 5) is 14.5. The van der Waals surface area contributed by atoms with Crippen LogP contribution < -0.4 is 10.6 Å². The fourth-order valence-corrected chi connectivity index (χ4v) is 2.99. The lowest BCUT2D eigenvalue weighted by Crippen LogP contribution is -2.44. The van der Waals surface area contributed by atoms with Crippen molar-refractivity contribution < 1.29 is 4.79 Å². The molecule has 1 aliphatic heterocycles. The van der Waals surface area contributed by atoms with E-state index in [-0.39, 0.29) is 17.9 Å². The monoisotopic (exact) mass is 289 g/mol. The summed E-state index contributed by atoms with van der Waals surface area (Å²) < 4.78 is 0. The van der Waals surface area contributed by atoms with Crippen LogP contribution in [0.2, 0.25) is 0 Å². The lowest BCUT2D eigenvalue weighted by Gasteiger charge is -2.29. The van der Waals surface area contributed by atoms with E-state index in [1.54, 1.807) is 0 Å². The fourth-order valence-electron chi connectivity index (χ4n) is 2.99. The standard InChI is InChI=1S/C17H27N3O/c1-13-11-15(9-10-18-13)17(21)19-12-16(20(2)3)14-7-5-4-6-8-14/h4-8,13,15-16,18H,9-12H2,1-3H3,(H,19,21)/t13-,15-,16?/m0/s1. The summed E-state index contributed by atoms with van der Waals surface area (Å²) in [6.45, 7) is 3.75. The van der Waals surface area contributed by atoms with Crippen molar-refractivity contribution >= 4 is 5.91 Å². The molecule has 0 aromatic heterocycles. The van der Waals surface area contributed by atoms with E-state index in [0.717, 1.165) is 19.4 Å². The van der Waals surface area contributed by atoms with Crippen molar-refractivity contribution in [1.82, 2.24) is 15.5 Å². The summed E-state index contributed by atoms with van der Waals surface area (Å²) in [5.74, 6) is 0.353. The van der Waals surface area contributed by atoms with E-state index >= 15 is 0 Å². The van der Waals surface area contributed by atoms with Gasteiger partial charge in [-0.15, -0.1) is 0 Å². The first-order valence-corrected chi connectivity index (χ1v) is 7.80. The molecule has 0 aliphatic carbocycles. The van der Waals surface area contributed by atoms with Gasteiger partial charge in [0.1, 0.15) is 0 Å². The van der Waals surface area contributed by atoms with E-state index in [0.29, 0.717) is 12.6 Å². The molecular formula is C17H27N3O. The molecule has 0 bridgehead atoms. The van der Waals surface area contributed by atoms with Crippen LogP contribution >= 0.6 is 0 Å². The van der Waals surface area contributed by atoms with Crippen molar-refractivity contribution in [3.8, 4) is 0 Å². The molecule has 1 aromatic rings. The average molecular weight is 289 g/mol. The number of nitrogens with zero attached hydrogens (tertiary/aromatic N) is 1. The highest BCUT2D eigenvalue weighted by Gasteiger charge is 2.25. The molecule has 1 heterocycles. The van der Waals surface area contributed by atoms with Gasteiger partial charge in [0.15, 0.2) is 0 Å². The number of carbonyl (C=O) groups excluding carboxylic acids is 1. The van der Waals surface area contributed by atoms with Crippen LogP contribution in [0.4, 0.5) is 0 Å². The molecule has 4 heteroatoms. The van der Waals surface area contributed by atoms with Gasteiger partial charge in [-0.25, -0.2) is 0 Å². The smallest absolute Gasteiger partial charge is 0.223 e. The number of likely N-dealkylation sites (N-methyl/N-ethyl adjacent to an activating group) is 1. The van der Waals surface area contributed by atoms with Crippen LogP contribution in [0.15, 0.2) is 30.3 Å². The number of benzene rings is 1. The predicted molar refractivity (Wildman–Crippen MR) is 86.1 cm³/mol. The Kier molecular flexibility index (Phi) is 5.76. The molecule has 21 heavy (non-hydrogen) atoms. The SMILES string of the molecule is C[C@H]1C[C@@H](C(=O)NCC(c2ccccc2)N(C)C)CCN1. The molecule has 0 radical (unpaired) electrons. The fraction of sp³-hybridized carbons (Fsp3) is 0.588. The normalized spacial score (nSPS) is 23.8. The summed E-state index contributed by atoms with van der Waals surface area (Å²) in [5, 5.41) is 6.53. The topological polar surface area (TPSA) is 44.4 Å². The van der Waals surface area contributed by atoms with Gasteiger partial charge in [-0.05, 0) is 46.0 Å². The van der Waals surface area contributed by atoms with Crippen molar-refractivity contribution in [2.24, 2.45) is 5.92 Å². The molecule has 0 spiro atoms. The Hall–Kier alpha value is -1.39. The first kappa shape index (κ1) is 16.0. The van der Waals surface area contributed by atoms with E-state index in [4.69, 9.17) is 0 Å². The Balaban J connectivity index is 1.91. The Bertz CT molecular complexity index is 447. The van der Waals surface area contributed by atoms with Crippen LogP contribution in [0.3, 0.4) is 0 Å². The summed E-state index contributed by atoms with van der Waals surface area (Å²) in [7, 11) is 4.10. The molecule has 3 atom stereocenters. The van der Waals surface area contributed by atoms with Crippen molar-refractivity contribution in [2.75, 3.05) is 27.2 Å². The van der Waals surface area contributed by atoms with Gasteiger partial charge in [-0.2, -0.15) is 0 Å². The Morgan fingerprint density at radius 3 is 2.71 bits per heavy atom. The van der Waals surface area contributed by atoms with Crippen molar-refractivity contribution in [3.05, 3.63) is 35.9 Å². The van der Waals surface area contributed by atoms with Gasteiger partial charge in [0, 0.05) is 18.5 Å². The van der Waals surface area contributed by atoms with E-state index in [1.165, 1.54) is 5.56 Å². The van der Waals surface area contributed by atoms with Crippen LogP contribution in [0.5, 0.6) is 0 Å². The number of hydrogen-bond acceptors (Lipinski definition) is 3. The van der Waals surface area contributed by atoms with Crippen LogP contribution in [-0.2, 0) is 4.79 Å². The second kappa shape index (κ2) is 7.57. The summed E-state index contributed by atoms with van der Waals surface area (Å²) in [6.07, 6.45) is 1.87. The van der Waals surface area contributed by atoms with Crippen LogP contribution in [0.1, 0.15) is 31.4 Å². The molecule has 0 saturated carbocycles.